The van der Waals surface area contributed by atoms with Gasteiger partial charge >= 0.3 is 0 Å². The summed E-state index contributed by atoms with van der Waals surface area (Å²) in [6, 6.07) is 6.72. The fraction of sp³-hybridized carbons (Fsp3) is 0.562. The molecule has 1 aromatic rings. The van der Waals surface area contributed by atoms with Crippen LogP contribution in [0.1, 0.15) is 37.7 Å². The SMILES string of the molecule is Cl.O=C(NC1CCCNC1)C1(c2cccc(F)c2)CCC1. The third-order valence-corrected chi connectivity index (χ3v) is 4.65. The van der Waals surface area contributed by atoms with Crippen molar-refractivity contribution in [3.8, 4) is 0 Å². The molecule has 1 aromatic carbocycles. The Balaban J connectivity index is 0.00000161. The number of amides is 1. The van der Waals surface area contributed by atoms with E-state index in [1.165, 1.54) is 12.1 Å². The van der Waals surface area contributed by atoms with Crippen LogP contribution < -0.4 is 10.6 Å². The highest BCUT2D eigenvalue weighted by molar-refractivity contribution is 5.89. The second-order valence-corrected chi connectivity index (χ2v) is 5.96. The van der Waals surface area contributed by atoms with Gasteiger partial charge in [-0.2, -0.15) is 0 Å². The molecule has 1 amide bonds. The summed E-state index contributed by atoms with van der Waals surface area (Å²) < 4.78 is 13.4. The van der Waals surface area contributed by atoms with Crippen LogP contribution in [-0.4, -0.2) is 25.0 Å². The normalized spacial score (nSPS) is 23.6. The van der Waals surface area contributed by atoms with Crippen molar-refractivity contribution < 1.29 is 9.18 Å². The first-order valence-electron chi connectivity index (χ1n) is 7.48. The van der Waals surface area contributed by atoms with E-state index in [0.29, 0.717) is 0 Å². The lowest BCUT2D eigenvalue weighted by atomic mass is 9.63. The van der Waals surface area contributed by atoms with Gasteiger partial charge in [0.15, 0.2) is 0 Å². The molecule has 5 heteroatoms. The van der Waals surface area contributed by atoms with Crippen molar-refractivity contribution >= 4 is 18.3 Å². The standard InChI is InChI=1S/C16H21FN2O.ClH/c17-13-5-1-4-12(10-13)16(7-3-8-16)15(20)19-14-6-2-9-18-11-14;/h1,4-5,10,14,18H,2-3,6-9,11H2,(H,19,20);1H. The third-order valence-electron chi connectivity index (χ3n) is 4.65. The van der Waals surface area contributed by atoms with E-state index < -0.39 is 5.41 Å². The molecule has 0 spiro atoms. The van der Waals surface area contributed by atoms with E-state index in [9.17, 15) is 9.18 Å². The maximum absolute atomic E-state index is 13.4. The molecular weight excluding hydrogens is 291 g/mol. The molecule has 116 valence electrons. The molecule has 3 rings (SSSR count). The molecule has 1 atom stereocenters. The number of nitrogens with one attached hydrogen (secondary N) is 2. The van der Waals surface area contributed by atoms with Gasteiger partial charge in [0.05, 0.1) is 5.41 Å². The average molecular weight is 313 g/mol. The summed E-state index contributed by atoms with van der Waals surface area (Å²) in [4.78, 5) is 12.7. The van der Waals surface area contributed by atoms with Gasteiger partial charge in [-0.15, -0.1) is 12.4 Å². The first-order valence-corrected chi connectivity index (χ1v) is 7.48. The van der Waals surface area contributed by atoms with Gasteiger partial charge in [0.25, 0.3) is 0 Å². The number of benzene rings is 1. The van der Waals surface area contributed by atoms with E-state index in [4.69, 9.17) is 0 Å². The van der Waals surface area contributed by atoms with E-state index >= 15 is 0 Å². The lowest BCUT2D eigenvalue weighted by Gasteiger charge is -2.42. The molecule has 2 aliphatic rings. The molecule has 0 aromatic heterocycles. The topological polar surface area (TPSA) is 41.1 Å². The average Bonchev–Trinajstić information content (AvgIpc) is 2.38. The van der Waals surface area contributed by atoms with Crippen LogP contribution in [0.4, 0.5) is 4.39 Å². The van der Waals surface area contributed by atoms with Gasteiger partial charge in [-0.3, -0.25) is 4.79 Å². The minimum absolute atomic E-state index is 0. The Hall–Kier alpha value is -1.13. The first-order chi connectivity index (χ1) is 9.71. The summed E-state index contributed by atoms with van der Waals surface area (Å²) in [6.45, 7) is 1.87. The van der Waals surface area contributed by atoms with E-state index in [2.05, 4.69) is 10.6 Å². The molecule has 1 saturated heterocycles. The van der Waals surface area contributed by atoms with Crippen molar-refractivity contribution in [2.24, 2.45) is 0 Å². The van der Waals surface area contributed by atoms with Crippen LogP contribution in [0.15, 0.2) is 24.3 Å². The summed E-state index contributed by atoms with van der Waals surface area (Å²) in [5, 5.41) is 6.46. The van der Waals surface area contributed by atoms with E-state index in [1.807, 2.05) is 6.07 Å². The number of halogens is 2. The van der Waals surface area contributed by atoms with Crippen molar-refractivity contribution in [2.75, 3.05) is 13.1 Å². The van der Waals surface area contributed by atoms with E-state index in [1.54, 1.807) is 6.07 Å². The first kappa shape index (κ1) is 16.2. The summed E-state index contributed by atoms with van der Waals surface area (Å²) >= 11 is 0. The van der Waals surface area contributed by atoms with Gasteiger partial charge in [-0.05, 0) is 49.9 Å². The molecule has 3 nitrogen and oxygen atoms in total. The Morgan fingerprint density at radius 1 is 1.33 bits per heavy atom. The smallest absolute Gasteiger partial charge is 0.230 e. The number of carbonyl (C=O) groups excluding carboxylic acids is 1. The number of piperidine rings is 1. The Morgan fingerprint density at radius 2 is 2.14 bits per heavy atom. The Kier molecular flexibility index (Phi) is 5.22. The zero-order chi connectivity index (χ0) is 14.0. The maximum Gasteiger partial charge on any atom is 0.230 e. The molecule has 1 aliphatic carbocycles. The Morgan fingerprint density at radius 3 is 2.71 bits per heavy atom. The summed E-state index contributed by atoms with van der Waals surface area (Å²) in [7, 11) is 0. The number of hydrogen-bond acceptors (Lipinski definition) is 2. The summed E-state index contributed by atoms with van der Waals surface area (Å²) in [6.07, 6.45) is 4.80. The fourth-order valence-corrected chi connectivity index (χ4v) is 3.26. The highest BCUT2D eigenvalue weighted by Crippen LogP contribution is 2.44. The molecule has 0 bridgehead atoms. The number of rotatable bonds is 3. The quantitative estimate of drug-likeness (QED) is 0.900. The molecule has 1 heterocycles. The van der Waals surface area contributed by atoms with Crippen molar-refractivity contribution in [1.82, 2.24) is 10.6 Å². The third kappa shape index (κ3) is 3.22. The van der Waals surface area contributed by atoms with Gasteiger partial charge in [0.1, 0.15) is 5.82 Å². The second-order valence-electron chi connectivity index (χ2n) is 5.96. The van der Waals surface area contributed by atoms with E-state index in [-0.39, 0.29) is 30.2 Å². The van der Waals surface area contributed by atoms with Crippen LogP contribution in [0.3, 0.4) is 0 Å². The predicted molar refractivity (Wildman–Crippen MR) is 83.2 cm³/mol. The molecule has 21 heavy (non-hydrogen) atoms. The van der Waals surface area contributed by atoms with E-state index in [0.717, 1.165) is 50.8 Å². The predicted octanol–water partition coefficient (Wildman–Crippen LogP) is 2.54. The largest absolute Gasteiger partial charge is 0.351 e. The van der Waals surface area contributed by atoms with Crippen LogP contribution in [0, 0.1) is 5.82 Å². The van der Waals surface area contributed by atoms with Crippen LogP contribution in [0.25, 0.3) is 0 Å². The van der Waals surface area contributed by atoms with Crippen molar-refractivity contribution in [2.45, 2.75) is 43.6 Å². The molecule has 2 fully saturated rings. The van der Waals surface area contributed by atoms with Crippen LogP contribution in [-0.2, 0) is 10.2 Å². The Bertz CT molecular complexity index is 499. The lowest BCUT2D eigenvalue weighted by molar-refractivity contribution is -0.130. The second kappa shape index (κ2) is 6.75. The molecule has 1 aliphatic heterocycles. The molecule has 0 radical (unpaired) electrons. The number of carbonyl (C=O) groups is 1. The van der Waals surface area contributed by atoms with Crippen molar-refractivity contribution in [3.05, 3.63) is 35.6 Å². The Labute approximate surface area is 131 Å². The molecule has 2 N–H and O–H groups in total. The van der Waals surface area contributed by atoms with Gasteiger partial charge in [0.2, 0.25) is 5.91 Å². The highest BCUT2D eigenvalue weighted by Gasteiger charge is 2.46. The van der Waals surface area contributed by atoms with Crippen LogP contribution in [0.2, 0.25) is 0 Å². The summed E-state index contributed by atoms with van der Waals surface area (Å²) in [5.41, 5.74) is 0.324. The van der Waals surface area contributed by atoms with Gasteiger partial charge < -0.3 is 10.6 Å². The van der Waals surface area contributed by atoms with Crippen LogP contribution >= 0.6 is 12.4 Å². The molecular formula is C16H22ClFN2O. The monoisotopic (exact) mass is 312 g/mol. The highest BCUT2D eigenvalue weighted by atomic mass is 35.5. The van der Waals surface area contributed by atoms with Crippen molar-refractivity contribution in [1.29, 1.82) is 0 Å². The van der Waals surface area contributed by atoms with Crippen LogP contribution in [0.5, 0.6) is 0 Å². The van der Waals surface area contributed by atoms with Gasteiger partial charge in [0, 0.05) is 12.6 Å². The zero-order valence-electron chi connectivity index (χ0n) is 12.0. The molecule has 1 unspecified atom stereocenters. The maximum atomic E-state index is 13.4. The van der Waals surface area contributed by atoms with Crippen molar-refractivity contribution in [3.63, 3.8) is 0 Å². The fourth-order valence-electron chi connectivity index (χ4n) is 3.26. The van der Waals surface area contributed by atoms with Gasteiger partial charge in [-0.25, -0.2) is 4.39 Å². The zero-order valence-corrected chi connectivity index (χ0v) is 12.8. The summed E-state index contributed by atoms with van der Waals surface area (Å²) in [5.74, 6) is -0.191. The minimum atomic E-state index is -0.500. The molecule has 1 saturated carbocycles. The lowest BCUT2D eigenvalue weighted by Crippen LogP contribution is -2.55. The minimum Gasteiger partial charge on any atom is -0.351 e. The number of hydrogen-bond donors (Lipinski definition) is 2. The van der Waals surface area contributed by atoms with Gasteiger partial charge in [-0.1, -0.05) is 18.6 Å².